The van der Waals surface area contributed by atoms with Gasteiger partial charge >= 0.3 is 0 Å². The molecule has 0 aromatic carbocycles. The molecule has 136 valence electrons. The largest absolute Gasteiger partial charge is 0.378 e. The van der Waals surface area contributed by atoms with E-state index in [0.29, 0.717) is 30.8 Å². The van der Waals surface area contributed by atoms with E-state index in [4.69, 9.17) is 4.74 Å². The third-order valence-corrected chi connectivity index (χ3v) is 5.35. The van der Waals surface area contributed by atoms with Crippen LogP contribution in [-0.4, -0.2) is 97.3 Å². The van der Waals surface area contributed by atoms with Crippen molar-refractivity contribution in [2.75, 3.05) is 64.4 Å². The third-order valence-electron chi connectivity index (χ3n) is 5.35. The molecule has 0 unspecified atom stereocenters. The van der Waals surface area contributed by atoms with Gasteiger partial charge in [0.15, 0.2) is 0 Å². The Hall–Kier alpha value is -1.77. The Balaban J connectivity index is 1.33. The average molecular weight is 346 g/mol. The molecule has 1 N–H and O–H groups in total. The number of anilines is 1. The van der Waals surface area contributed by atoms with E-state index in [1.807, 2.05) is 0 Å². The molecule has 25 heavy (non-hydrogen) atoms. The summed E-state index contributed by atoms with van der Waals surface area (Å²) in [5, 5.41) is 3.15. The Bertz CT molecular complexity index is 604. The molecular weight excluding hydrogens is 320 g/mol. The fourth-order valence-electron chi connectivity index (χ4n) is 3.94. The SMILES string of the molecule is CN1CCN2C[C@@H](NC(=O)c3cnc(N4CCOCC4)nc3)C[C@H]2C1. The van der Waals surface area contributed by atoms with Crippen LogP contribution in [-0.2, 0) is 4.74 Å². The van der Waals surface area contributed by atoms with Gasteiger partial charge in [-0.25, -0.2) is 9.97 Å². The predicted molar refractivity (Wildman–Crippen MR) is 93.8 cm³/mol. The Kier molecular flexibility index (Phi) is 4.82. The minimum atomic E-state index is -0.0771. The summed E-state index contributed by atoms with van der Waals surface area (Å²) >= 11 is 0. The molecule has 4 heterocycles. The lowest BCUT2D eigenvalue weighted by molar-refractivity contribution is 0.0935. The van der Waals surface area contributed by atoms with Crippen molar-refractivity contribution >= 4 is 11.9 Å². The highest BCUT2D eigenvalue weighted by Crippen LogP contribution is 2.21. The summed E-state index contributed by atoms with van der Waals surface area (Å²) < 4.78 is 5.34. The third kappa shape index (κ3) is 3.75. The first-order valence-electron chi connectivity index (χ1n) is 9.07. The Labute approximate surface area is 148 Å². The molecule has 2 atom stereocenters. The minimum Gasteiger partial charge on any atom is -0.378 e. The van der Waals surface area contributed by atoms with Crippen LogP contribution in [0, 0.1) is 0 Å². The van der Waals surface area contributed by atoms with Gasteiger partial charge in [-0.2, -0.15) is 0 Å². The minimum absolute atomic E-state index is 0.0771. The first-order chi connectivity index (χ1) is 12.2. The number of carbonyl (C=O) groups excluding carboxylic acids is 1. The molecule has 0 radical (unpaired) electrons. The van der Waals surface area contributed by atoms with E-state index in [-0.39, 0.29) is 11.9 Å². The molecule has 3 aliphatic heterocycles. The van der Waals surface area contributed by atoms with Gasteiger partial charge in [-0.1, -0.05) is 0 Å². The number of rotatable bonds is 3. The second kappa shape index (κ2) is 7.23. The number of ether oxygens (including phenoxy) is 1. The maximum Gasteiger partial charge on any atom is 0.254 e. The second-order valence-corrected chi connectivity index (χ2v) is 7.19. The lowest BCUT2D eigenvalue weighted by Crippen LogP contribution is -2.48. The zero-order valence-electron chi connectivity index (χ0n) is 14.7. The van der Waals surface area contributed by atoms with Gasteiger partial charge in [-0.05, 0) is 13.5 Å². The van der Waals surface area contributed by atoms with Gasteiger partial charge in [0.25, 0.3) is 5.91 Å². The molecule has 4 rings (SSSR count). The van der Waals surface area contributed by atoms with Crippen LogP contribution in [0.2, 0.25) is 0 Å². The summed E-state index contributed by atoms with van der Waals surface area (Å²) in [5.41, 5.74) is 0.527. The predicted octanol–water partition coefficient (Wildman–Crippen LogP) is -0.569. The van der Waals surface area contributed by atoms with Crippen molar-refractivity contribution in [3.05, 3.63) is 18.0 Å². The molecule has 1 aromatic rings. The van der Waals surface area contributed by atoms with Crippen LogP contribution in [0.4, 0.5) is 5.95 Å². The van der Waals surface area contributed by atoms with Gasteiger partial charge < -0.3 is 19.9 Å². The molecule has 1 amide bonds. The molecule has 3 saturated heterocycles. The highest BCUT2D eigenvalue weighted by Gasteiger charge is 2.35. The number of nitrogens with zero attached hydrogens (tertiary/aromatic N) is 5. The Morgan fingerprint density at radius 2 is 1.92 bits per heavy atom. The van der Waals surface area contributed by atoms with Gasteiger partial charge in [-0.3, -0.25) is 9.69 Å². The van der Waals surface area contributed by atoms with Gasteiger partial charge in [0, 0.05) is 63.7 Å². The van der Waals surface area contributed by atoms with Crippen molar-refractivity contribution in [2.45, 2.75) is 18.5 Å². The average Bonchev–Trinajstić information content (AvgIpc) is 3.04. The van der Waals surface area contributed by atoms with E-state index in [0.717, 1.165) is 45.7 Å². The topological polar surface area (TPSA) is 73.8 Å². The van der Waals surface area contributed by atoms with Crippen LogP contribution in [0.3, 0.4) is 0 Å². The van der Waals surface area contributed by atoms with Crippen LogP contribution in [0.5, 0.6) is 0 Å². The molecule has 0 bridgehead atoms. The summed E-state index contributed by atoms with van der Waals surface area (Å²) in [7, 11) is 2.16. The number of piperazine rings is 1. The van der Waals surface area contributed by atoms with Crippen LogP contribution in [0.15, 0.2) is 12.4 Å². The zero-order chi connectivity index (χ0) is 17.2. The van der Waals surface area contributed by atoms with Gasteiger partial charge in [0.05, 0.1) is 18.8 Å². The summed E-state index contributed by atoms with van der Waals surface area (Å²) in [6.07, 6.45) is 4.27. The van der Waals surface area contributed by atoms with Crippen LogP contribution in [0.1, 0.15) is 16.8 Å². The first-order valence-corrected chi connectivity index (χ1v) is 9.07. The van der Waals surface area contributed by atoms with Gasteiger partial charge in [0.1, 0.15) is 0 Å². The van der Waals surface area contributed by atoms with E-state index < -0.39 is 0 Å². The van der Waals surface area contributed by atoms with Crippen molar-refractivity contribution in [2.24, 2.45) is 0 Å². The Morgan fingerprint density at radius 1 is 1.16 bits per heavy atom. The number of carbonyl (C=O) groups is 1. The van der Waals surface area contributed by atoms with Crippen LogP contribution >= 0.6 is 0 Å². The number of likely N-dealkylation sites (N-methyl/N-ethyl adjacent to an activating group) is 1. The number of amides is 1. The molecule has 0 aliphatic carbocycles. The van der Waals surface area contributed by atoms with Crippen LogP contribution in [0.25, 0.3) is 0 Å². The number of morpholine rings is 1. The molecule has 0 saturated carbocycles. The van der Waals surface area contributed by atoms with Crippen molar-refractivity contribution in [1.82, 2.24) is 25.1 Å². The molecule has 3 fully saturated rings. The molecule has 0 spiro atoms. The number of aromatic nitrogens is 2. The van der Waals surface area contributed by atoms with Crippen molar-refractivity contribution in [1.29, 1.82) is 0 Å². The zero-order valence-corrected chi connectivity index (χ0v) is 14.7. The fourth-order valence-corrected chi connectivity index (χ4v) is 3.94. The van der Waals surface area contributed by atoms with E-state index in [9.17, 15) is 4.79 Å². The maximum absolute atomic E-state index is 12.5. The summed E-state index contributed by atoms with van der Waals surface area (Å²) in [6, 6.07) is 0.770. The molecule has 1 aromatic heterocycles. The maximum atomic E-state index is 12.5. The fraction of sp³-hybridized carbons (Fsp3) is 0.706. The first kappa shape index (κ1) is 16.7. The normalized spacial score (nSPS) is 28.0. The van der Waals surface area contributed by atoms with Gasteiger partial charge in [-0.15, -0.1) is 0 Å². The van der Waals surface area contributed by atoms with E-state index in [1.54, 1.807) is 12.4 Å². The van der Waals surface area contributed by atoms with Crippen molar-refractivity contribution in [3.63, 3.8) is 0 Å². The van der Waals surface area contributed by atoms with Crippen molar-refractivity contribution < 1.29 is 9.53 Å². The van der Waals surface area contributed by atoms with E-state index >= 15 is 0 Å². The monoisotopic (exact) mass is 346 g/mol. The highest BCUT2D eigenvalue weighted by molar-refractivity contribution is 5.93. The standard InChI is InChI=1S/C17H26N6O2/c1-21-2-3-23-11-14(8-15(23)12-21)20-16(24)13-9-18-17(19-10-13)22-4-6-25-7-5-22/h9-10,14-15H,2-8,11-12H2,1H3,(H,20,24)/t14-,15-/m0/s1. The lowest BCUT2D eigenvalue weighted by Gasteiger charge is -2.34. The molecule has 8 heteroatoms. The highest BCUT2D eigenvalue weighted by atomic mass is 16.5. The lowest BCUT2D eigenvalue weighted by atomic mass is 10.1. The Morgan fingerprint density at radius 3 is 2.68 bits per heavy atom. The van der Waals surface area contributed by atoms with E-state index in [1.165, 1.54) is 0 Å². The molecular formula is C17H26N6O2. The number of fused-ring (bicyclic) bond motifs is 1. The number of hydrogen-bond donors (Lipinski definition) is 1. The smallest absolute Gasteiger partial charge is 0.254 e. The van der Waals surface area contributed by atoms with Crippen molar-refractivity contribution in [3.8, 4) is 0 Å². The number of nitrogens with one attached hydrogen (secondary N) is 1. The second-order valence-electron chi connectivity index (χ2n) is 7.19. The number of hydrogen-bond acceptors (Lipinski definition) is 7. The molecule has 8 nitrogen and oxygen atoms in total. The summed E-state index contributed by atoms with van der Waals surface area (Å²) in [5.74, 6) is 0.590. The van der Waals surface area contributed by atoms with Crippen LogP contribution < -0.4 is 10.2 Å². The van der Waals surface area contributed by atoms with Gasteiger partial charge in [0.2, 0.25) is 5.95 Å². The summed E-state index contributed by atoms with van der Waals surface area (Å²) in [4.78, 5) is 28.2. The molecule has 3 aliphatic rings. The summed E-state index contributed by atoms with van der Waals surface area (Å²) in [6.45, 7) is 7.19. The van der Waals surface area contributed by atoms with E-state index in [2.05, 4.69) is 37.0 Å². The quantitative estimate of drug-likeness (QED) is 0.786.